The predicted octanol–water partition coefficient (Wildman–Crippen LogP) is 1.19. The molecule has 1 atom stereocenters. The molecule has 0 bridgehead atoms. The third-order valence-electron chi connectivity index (χ3n) is 3.37. The zero-order valence-electron chi connectivity index (χ0n) is 9.99. The molecular weight excluding hydrogens is 202 g/mol. The standard InChI is InChI=1S/C12H19N3O/c1-8(12(13)16)7-15-9(2)14-10-5-3-4-6-11(10)15/h8H,3-7H2,1-2H3,(H2,13,16). The lowest BCUT2D eigenvalue weighted by atomic mass is 10.0. The second-order valence-corrected chi connectivity index (χ2v) is 4.67. The van der Waals surface area contributed by atoms with Gasteiger partial charge in [-0.3, -0.25) is 4.79 Å². The van der Waals surface area contributed by atoms with Gasteiger partial charge in [-0.25, -0.2) is 4.98 Å². The van der Waals surface area contributed by atoms with Gasteiger partial charge in [0.1, 0.15) is 5.82 Å². The SMILES string of the molecule is Cc1nc2c(n1CC(C)C(N)=O)CCCC2. The first-order valence-corrected chi connectivity index (χ1v) is 5.93. The lowest BCUT2D eigenvalue weighted by Gasteiger charge is -2.16. The highest BCUT2D eigenvalue weighted by atomic mass is 16.1. The van der Waals surface area contributed by atoms with Gasteiger partial charge in [0.15, 0.2) is 0 Å². The van der Waals surface area contributed by atoms with Crippen molar-refractivity contribution in [3.63, 3.8) is 0 Å². The fourth-order valence-corrected chi connectivity index (χ4v) is 2.34. The molecule has 1 aromatic heterocycles. The number of aryl methyl sites for hydroxylation is 2. The summed E-state index contributed by atoms with van der Waals surface area (Å²) in [5.74, 6) is 0.650. The van der Waals surface area contributed by atoms with Gasteiger partial charge in [0.05, 0.1) is 11.6 Å². The molecule has 4 nitrogen and oxygen atoms in total. The molecular formula is C12H19N3O. The van der Waals surface area contributed by atoms with Gasteiger partial charge in [-0.2, -0.15) is 0 Å². The minimum atomic E-state index is -0.238. The molecule has 4 heteroatoms. The summed E-state index contributed by atoms with van der Waals surface area (Å²) in [6.07, 6.45) is 4.62. The van der Waals surface area contributed by atoms with E-state index in [2.05, 4.69) is 9.55 Å². The number of aromatic nitrogens is 2. The number of amides is 1. The quantitative estimate of drug-likeness (QED) is 0.833. The highest BCUT2D eigenvalue weighted by Gasteiger charge is 2.20. The van der Waals surface area contributed by atoms with Gasteiger partial charge in [0.2, 0.25) is 5.91 Å². The van der Waals surface area contributed by atoms with Crippen molar-refractivity contribution in [1.29, 1.82) is 0 Å². The Bertz CT molecular complexity index is 409. The van der Waals surface area contributed by atoms with Gasteiger partial charge >= 0.3 is 0 Å². The van der Waals surface area contributed by atoms with Crippen LogP contribution in [0.15, 0.2) is 0 Å². The summed E-state index contributed by atoms with van der Waals surface area (Å²) in [4.78, 5) is 15.7. The molecule has 0 saturated heterocycles. The third-order valence-corrected chi connectivity index (χ3v) is 3.37. The zero-order valence-corrected chi connectivity index (χ0v) is 9.99. The maximum absolute atomic E-state index is 11.1. The Kier molecular flexibility index (Phi) is 2.99. The number of hydrogen-bond acceptors (Lipinski definition) is 2. The van der Waals surface area contributed by atoms with Crippen LogP contribution in [0.1, 0.15) is 37.0 Å². The monoisotopic (exact) mass is 221 g/mol. The molecule has 0 aromatic carbocycles. The summed E-state index contributed by atoms with van der Waals surface area (Å²) in [6, 6.07) is 0. The molecule has 2 rings (SSSR count). The van der Waals surface area contributed by atoms with E-state index in [0.29, 0.717) is 6.54 Å². The number of hydrogen-bond donors (Lipinski definition) is 1. The molecule has 2 N–H and O–H groups in total. The number of imidazole rings is 1. The van der Waals surface area contributed by atoms with Crippen LogP contribution in [0, 0.1) is 12.8 Å². The molecule has 1 aliphatic rings. The minimum absolute atomic E-state index is 0.126. The van der Waals surface area contributed by atoms with Gasteiger partial charge in [0.25, 0.3) is 0 Å². The Morgan fingerprint density at radius 3 is 2.88 bits per heavy atom. The largest absolute Gasteiger partial charge is 0.369 e. The van der Waals surface area contributed by atoms with Crippen LogP contribution >= 0.6 is 0 Å². The van der Waals surface area contributed by atoms with Crippen LogP contribution in [-0.2, 0) is 24.2 Å². The van der Waals surface area contributed by atoms with E-state index in [0.717, 1.165) is 18.7 Å². The Morgan fingerprint density at radius 2 is 2.19 bits per heavy atom. The molecule has 1 aromatic rings. The number of rotatable bonds is 3. The summed E-state index contributed by atoms with van der Waals surface area (Å²) in [7, 11) is 0. The van der Waals surface area contributed by atoms with Crippen molar-refractivity contribution >= 4 is 5.91 Å². The molecule has 88 valence electrons. The number of nitrogens with two attached hydrogens (primary N) is 1. The highest BCUT2D eigenvalue weighted by Crippen LogP contribution is 2.22. The van der Waals surface area contributed by atoms with Crippen molar-refractivity contribution in [1.82, 2.24) is 9.55 Å². The van der Waals surface area contributed by atoms with Crippen molar-refractivity contribution in [3.8, 4) is 0 Å². The van der Waals surface area contributed by atoms with Crippen molar-refractivity contribution in [2.24, 2.45) is 11.7 Å². The van der Waals surface area contributed by atoms with Crippen LogP contribution in [-0.4, -0.2) is 15.5 Å². The maximum atomic E-state index is 11.1. The van der Waals surface area contributed by atoms with Crippen molar-refractivity contribution < 1.29 is 4.79 Å². The molecule has 1 heterocycles. The van der Waals surface area contributed by atoms with Gasteiger partial charge in [-0.1, -0.05) is 6.92 Å². The van der Waals surface area contributed by atoms with Gasteiger partial charge in [0, 0.05) is 12.2 Å². The summed E-state index contributed by atoms with van der Waals surface area (Å²) in [5, 5.41) is 0. The Labute approximate surface area is 95.9 Å². The van der Waals surface area contributed by atoms with E-state index < -0.39 is 0 Å². The first-order chi connectivity index (χ1) is 7.59. The molecule has 0 aliphatic heterocycles. The summed E-state index contributed by atoms with van der Waals surface area (Å²) in [5.41, 5.74) is 7.85. The summed E-state index contributed by atoms with van der Waals surface area (Å²) < 4.78 is 2.17. The van der Waals surface area contributed by atoms with Crippen molar-refractivity contribution in [2.75, 3.05) is 0 Å². The number of carbonyl (C=O) groups is 1. The van der Waals surface area contributed by atoms with Crippen molar-refractivity contribution in [2.45, 2.75) is 46.1 Å². The average Bonchev–Trinajstić information content (AvgIpc) is 2.55. The van der Waals surface area contributed by atoms with Crippen molar-refractivity contribution in [3.05, 3.63) is 17.2 Å². The summed E-state index contributed by atoms with van der Waals surface area (Å²) in [6.45, 7) is 4.55. The van der Waals surface area contributed by atoms with Crippen LogP contribution in [0.5, 0.6) is 0 Å². The van der Waals surface area contributed by atoms with Gasteiger partial charge in [-0.15, -0.1) is 0 Å². The first-order valence-electron chi connectivity index (χ1n) is 5.93. The summed E-state index contributed by atoms with van der Waals surface area (Å²) >= 11 is 0. The fourth-order valence-electron chi connectivity index (χ4n) is 2.34. The van der Waals surface area contributed by atoms with E-state index in [1.165, 1.54) is 24.2 Å². The molecule has 1 amide bonds. The van der Waals surface area contributed by atoms with E-state index in [-0.39, 0.29) is 11.8 Å². The van der Waals surface area contributed by atoms with E-state index in [1.807, 2.05) is 13.8 Å². The first kappa shape index (κ1) is 11.2. The lowest BCUT2D eigenvalue weighted by molar-refractivity contribution is -0.121. The fraction of sp³-hybridized carbons (Fsp3) is 0.667. The Morgan fingerprint density at radius 1 is 1.50 bits per heavy atom. The smallest absolute Gasteiger partial charge is 0.222 e. The number of primary amides is 1. The molecule has 0 spiro atoms. The molecule has 16 heavy (non-hydrogen) atoms. The Balaban J connectivity index is 2.26. The second kappa shape index (κ2) is 4.28. The zero-order chi connectivity index (χ0) is 11.7. The van der Waals surface area contributed by atoms with Crippen LogP contribution in [0.4, 0.5) is 0 Å². The van der Waals surface area contributed by atoms with Gasteiger partial charge < -0.3 is 10.3 Å². The molecule has 1 unspecified atom stereocenters. The minimum Gasteiger partial charge on any atom is -0.369 e. The molecule has 0 radical (unpaired) electrons. The topological polar surface area (TPSA) is 60.9 Å². The number of carbonyl (C=O) groups excluding carboxylic acids is 1. The highest BCUT2D eigenvalue weighted by molar-refractivity contribution is 5.76. The van der Waals surface area contributed by atoms with Crippen LogP contribution in [0.25, 0.3) is 0 Å². The number of fused-ring (bicyclic) bond motifs is 1. The maximum Gasteiger partial charge on any atom is 0.222 e. The van der Waals surface area contributed by atoms with Gasteiger partial charge in [-0.05, 0) is 32.6 Å². The normalized spacial score (nSPS) is 16.9. The Hall–Kier alpha value is -1.32. The van der Waals surface area contributed by atoms with E-state index in [9.17, 15) is 4.79 Å². The predicted molar refractivity (Wildman–Crippen MR) is 62.0 cm³/mol. The van der Waals surface area contributed by atoms with E-state index >= 15 is 0 Å². The van der Waals surface area contributed by atoms with E-state index in [1.54, 1.807) is 0 Å². The molecule has 0 saturated carbocycles. The second-order valence-electron chi connectivity index (χ2n) is 4.67. The molecule has 0 fully saturated rings. The van der Waals surface area contributed by atoms with Crippen LogP contribution in [0.2, 0.25) is 0 Å². The van der Waals surface area contributed by atoms with Crippen LogP contribution < -0.4 is 5.73 Å². The van der Waals surface area contributed by atoms with Crippen LogP contribution in [0.3, 0.4) is 0 Å². The average molecular weight is 221 g/mol. The van der Waals surface area contributed by atoms with E-state index in [4.69, 9.17) is 5.73 Å². The number of nitrogens with zero attached hydrogens (tertiary/aromatic N) is 2. The molecule has 1 aliphatic carbocycles. The lowest BCUT2D eigenvalue weighted by Crippen LogP contribution is -2.26. The third kappa shape index (κ3) is 1.96.